The molecule has 0 unspecified atom stereocenters. The van der Waals surface area contributed by atoms with Gasteiger partial charge >= 0.3 is 11.9 Å². The lowest BCUT2D eigenvalue weighted by molar-refractivity contribution is -0.144. The van der Waals surface area contributed by atoms with Crippen molar-refractivity contribution in [2.45, 2.75) is 84.5 Å². The molecule has 0 radical (unpaired) electrons. The molecule has 0 fully saturated rings. The number of carbonyl (C=O) groups excluding carboxylic acids is 2. The number of hydrogen-bond donors (Lipinski definition) is 0. The molecule has 4 heteroatoms. The van der Waals surface area contributed by atoms with Crippen LogP contribution in [0.1, 0.15) is 84.5 Å². The summed E-state index contributed by atoms with van der Waals surface area (Å²) in [7, 11) is 0. The van der Waals surface area contributed by atoms with Gasteiger partial charge in [-0.3, -0.25) is 9.59 Å². The van der Waals surface area contributed by atoms with E-state index in [0.29, 0.717) is 26.1 Å². The van der Waals surface area contributed by atoms with Crippen molar-refractivity contribution in [2.24, 2.45) is 0 Å². The summed E-state index contributed by atoms with van der Waals surface area (Å²) in [5.74, 6) is -0.182. The fourth-order valence-corrected chi connectivity index (χ4v) is 2.17. The van der Waals surface area contributed by atoms with E-state index in [4.69, 9.17) is 9.47 Å². The van der Waals surface area contributed by atoms with Gasteiger partial charge in [0, 0.05) is 12.8 Å². The maximum absolute atomic E-state index is 11.4. The molecule has 0 bridgehead atoms. The molecule has 0 atom stereocenters. The Morgan fingerprint density at radius 1 is 0.783 bits per heavy atom. The highest BCUT2D eigenvalue weighted by molar-refractivity contribution is 5.69. The molecule has 0 spiro atoms. The van der Waals surface area contributed by atoms with E-state index in [1.54, 1.807) is 0 Å². The van der Waals surface area contributed by atoms with Crippen LogP contribution < -0.4 is 0 Å². The molecule has 0 aromatic heterocycles. The fraction of sp³-hybridized carbons (Fsp3) is 0.789. The Labute approximate surface area is 141 Å². The molecule has 0 aromatic carbocycles. The van der Waals surface area contributed by atoms with Gasteiger partial charge in [0.25, 0.3) is 0 Å². The minimum Gasteiger partial charge on any atom is -0.466 e. The Morgan fingerprint density at radius 3 is 1.91 bits per heavy atom. The predicted octanol–water partition coefficient (Wildman–Crippen LogP) is 4.96. The molecule has 0 rings (SSSR count). The predicted molar refractivity (Wildman–Crippen MR) is 93.2 cm³/mol. The van der Waals surface area contributed by atoms with Crippen LogP contribution in [0.2, 0.25) is 0 Å². The molecule has 4 nitrogen and oxygen atoms in total. The minimum atomic E-state index is -0.117. The zero-order valence-electron chi connectivity index (χ0n) is 15.0. The summed E-state index contributed by atoms with van der Waals surface area (Å²) in [5.41, 5.74) is 0. The highest BCUT2D eigenvalue weighted by Crippen LogP contribution is 2.09. The standard InChI is InChI=1S/C19H34O4/c1-3-5-13-17-23-19(21)15-12-10-8-7-9-11-14-18(20)22-16-6-4-2/h4,6H,3,5,7-17H2,1-2H3/b6-4+. The zero-order valence-corrected chi connectivity index (χ0v) is 15.0. The maximum Gasteiger partial charge on any atom is 0.306 e. The molecule has 0 aliphatic carbocycles. The quantitative estimate of drug-likeness (QED) is 0.242. The third-order valence-electron chi connectivity index (χ3n) is 3.60. The van der Waals surface area contributed by atoms with Gasteiger partial charge in [0.05, 0.1) is 6.61 Å². The molecule has 0 heterocycles. The van der Waals surface area contributed by atoms with Crippen LogP contribution in [0.5, 0.6) is 0 Å². The first-order valence-corrected chi connectivity index (χ1v) is 9.13. The third-order valence-corrected chi connectivity index (χ3v) is 3.60. The lowest BCUT2D eigenvalue weighted by Gasteiger charge is -2.04. The van der Waals surface area contributed by atoms with Crippen LogP contribution >= 0.6 is 0 Å². The minimum absolute atomic E-state index is 0.0648. The van der Waals surface area contributed by atoms with Crippen molar-refractivity contribution < 1.29 is 19.1 Å². The average molecular weight is 326 g/mol. The molecule has 134 valence electrons. The normalized spacial score (nSPS) is 10.9. The van der Waals surface area contributed by atoms with Crippen LogP contribution in [0, 0.1) is 0 Å². The summed E-state index contributed by atoms with van der Waals surface area (Å²) in [5, 5.41) is 0. The average Bonchev–Trinajstić information content (AvgIpc) is 2.54. The fourth-order valence-electron chi connectivity index (χ4n) is 2.17. The van der Waals surface area contributed by atoms with Crippen molar-refractivity contribution in [3.63, 3.8) is 0 Å². The van der Waals surface area contributed by atoms with Gasteiger partial charge in [0.2, 0.25) is 0 Å². The van der Waals surface area contributed by atoms with Gasteiger partial charge in [-0.05, 0) is 26.2 Å². The van der Waals surface area contributed by atoms with Gasteiger partial charge in [-0.15, -0.1) is 0 Å². The number of esters is 2. The summed E-state index contributed by atoms with van der Waals surface area (Å²) < 4.78 is 10.2. The van der Waals surface area contributed by atoms with Crippen LogP contribution in [-0.2, 0) is 19.1 Å². The smallest absolute Gasteiger partial charge is 0.306 e. The highest BCUT2D eigenvalue weighted by Gasteiger charge is 2.03. The zero-order chi connectivity index (χ0) is 17.2. The first-order chi connectivity index (χ1) is 11.2. The van der Waals surface area contributed by atoms with Crippen LogP contribution in [0.3, 0.4) is 0 Å². The van der Waals surface area contributed by atoms with Crippen molar-refractivity contribution in [3.05, 3.63) is 12.2 Å². The van der Waals surface area contributed by atoms with Crippen LogP contribution in [-0.4, -0.2) is 25.2 Å². The van der Waals surface area contributed by atoms with Crippen molar-refractivity contribution in [2.75, 3.05) is 13.2 Å². The van der Waals surface area contributed by atoms with Crippen molar-refractivity contribution in [1.29, 1.82) is 0 Å². The number of ether oxygens (including phenoxy) is 2. The summed E-state index contributed by atoms with van der Waals surface area (Å²) >= 11 is 0. The van der Waals surface area contributed by atoms with Gasteiger partial charge in [0.15, 0.2) is 0 Å². The van der Waals surface area contributed by atoms with Crippen molar-refractivity contribution in [1.82, 2.24) is 0 Å². The highest BCUT2D eigenvalue weighted by atomic mass is 16.5. The largest absolute Gasteiger partial charge is 0.466 e. The Bertz CT molecular complexity index is 323. The maximum atomic E-state index is 11.4. The molecule has 0 N–H and O–H groups in total. The summed E-state index contributed by atoms with van der Waals surface area (Å²) in [6.07, 6.45) is 14.1. The van der Waals surface area contributed by atoms with E-state index in [1.807, 2.05) is 19.1 Å². The van der Waals surface area contributed by atoms with E-state index in [-0.39, 0.29) is 11.9 Å². The van der Waals surface area contributed by atoms with Gasteiger partial charge in [-0.25, -0.2) is 0 Å². The van der Waals surface area contributed by atoms with Crippen LogP contribution in [0.4, 0.5) is 0 Å². The summed E-state index contributed by atoms with van der Waals surface area (Å²) in [4.78, 5) is 22.8. The van der Waals surface area contributed by atoms with Gasteiger partial charge in [-0.2, -0.15) is 0 Å². The van der Waals surface area contributed by atoms with E-state index < -0.39 is 0 Å². The second-order valence-electron chi connectivity index (χ2n) is 5.80. The molecule has 0 aliphatic rings. The molecular formula is C19H34O4. The second-order valence-corrected chi connectivity index (χ2v) is 5.80. The Balaban J connectivity index is 3.26. The molecule has 0 aromatic rings. The lowest BCUT2D eigenvalue weighted by Crippen LogP contribution is -2.05. The van der Waals surface area contributed by atoms with Crippen molar-refractivity contribution >= 4 is 11.9 Å². The number of unbranched alkanes of at least 4 members (excludes halogenated alkanes) is 7. The molecule has 0 saturated carbocycles. The van der Waals surface area contributed by atoms with E-state index in [9.17, 15) is 9.59 Å². The van der Waals surface area contributed by atoms with E-state index in [2.05, 4.69) is 6.92 Å². The van der Waals surface area contributed by atoms with E-state index in [0.717, 1.165) is 57.8 Å². The van der Waals surface area contributed by atoms with Crippen LogP contribution in [0.15, 0.2) is 12.2 Å². The third kappa shape index (κ3) is 16.9. The van der Waals surface area contributed by atoms with Gasteiger partial charge in [0.1, 0.15) is 6.61 Å². The van der Waals surface area contributed by atoms with Gasteiger partial charge < -0.3 is 9.47 Å². The topological polar surface area (TPSA) is 52.6 Å². The van der Waals surface area contributed by atoms with E-state index in [1.165, 1.54) is 0 Å². The monoisotopic (exact) mass is 326 g/mol. The molecular weight excluding hydrogens is 292 g/mol. The summed E-state index contributed by atoms with van der Waals surface area (Å²) in [6, 6.07) is 0. The van der Waals surface area contributed by atoms with Crippen LogP contribution in [0.25, 0.3) is 0 Å². The second kappa shape index (κ2) is 17.0. The molecule has 0 amide bonds. The Kier molecular flexibility index (Phi) is 16.1. The van der Waals surface area contributed by atoms with Gasteiger partial charge in [-0.1, -0.05) is 57.6 Å². The Hall–Kier alpha value is -1.32. The number of allylic oxidation sites excluding steroid dienone is 1. The lowest BCUT2D eigenvalue weighted by atomic mass is 10.1. The SMILES string of the molecule is C/C=C/COC(=O)CCCCCCCCC(=O)OCCCCC. The number of rotatable bonds is 15. The Morgan fingerprint density at radius 2 is 1.35 bits per heavy atom. The first kappa shape index (κ1) is 21.7. The van der Waals surface area contributed by atoms with Crippen molar-refractivity contribution in [3.8, 4) is 0 Å². The van der Waals surface area contributed by atoms with E-state index >= 15 is 0 Å². The first-order valence-electron chi connectivity index (χ1n) is 9.13. The number of carbonyl (C=O) groups is 2. The summed E-state index contributed by atoms with van der Waals surface area (Å²) in [6.45, 7) is 4.98. The number of hydrogen-bond acceptors (Lipinski definition) is 4. The molecule has 0 saturated heterocycles. The molecule has 0 aliphatic heterocycles. The molecule has 23 heavy (non-hydrogen) atoms.